The van der Waals surface area contributed by atoms with Gasteiger partial charge in [-0.15, -0.1) is 11.3 Å². The lowest BCUT2D eigenvalue weighted by atomic mass is 10.0. The van der Waals surface area contributed by atoms with E-state index in [2.05, 4.69) is 185 Å². The highest BCUT2D eigenvalue weighted by molar-refractivity contribution is 7.99. The van der Waals surface area contributed by atoms with Gasteiger partial charge in [0.1, 0.15) is 5.65 Å². The van der Waals surface area contributed by atoms with E-state index in [9.17, 15) is 0 Å². The molecule has 12 aromatic rings. The first-order valence-electron chi connectivity index (χ1n) is 19.4. The summed E-state index contributed by atoms with van der Waals surface area (Å²) >= 11 is 3.63. The molecule has 1 aliphatic heterocycles. The molecule has 0 unspecified atom stereocenters. The van der Waals surface area contributed by atoms with Crippen molar-refractivity contribution in [3.05, 3.63) is 176 Å². The van der Waals surface area contributed by atoms with E-state index in [-0.39, 0.29) is 0 Å². The highest BCUT2D eigenvalue weighted by Gasteiger charge is 2.28. The second-order valence-corrected chi connectivity index (χ2v) is 17.0. The SMILES string of the molecule is c1ccc(-n2c3ccccc3c3c4cccc5c4n(c32)-c2cc(-c3nc(-c4ccc6ccccc6c4)nc(-c4cccc6sc7ccccc7c46)n3)ccc2S5)cc1. The lowest BCUT2D eigenvalue weighted by Crippen LogP contribution is -2.06. The lowest BCUT2D eigenvalue weighted by molar-refractivity contribution is 1.02. The number of aromatic nitrogens is 5. The summed E-state index contributed by atoms with van der Waals surface area (Å²) in [4.78, 5) is 18.3. The fourth-order valence-corrected chi connectivity index (χ4v) is 11.2. The van der Waals surface area contributed by atoms with Crippen LogP contribution in [-0.4, -0.2) is 24.1 Å². The minimum Gasteiger partial charge on any atom is -0.295 e. The number of hydrogen-bond acceptors (Lipinski definition) is 5. The molecule has 0 amide bonds. The van der Waals surface area contributed by atoms with Crippen molar-refractivity contribution in [1.29, 1.82) is 0 Å². The third-order valence-corrected chi connectivity index (χ3v) is 13.8. The predicted octanol–water partition coefficient (Wildman–Crippen LogP) is 13.9. The van der Waals surface area contributed by atoms with Crippen molar-refractivity contribution in [2.45, 2.75) is 9.79 Å². The minimum absolute atomic E-state index is 0.639. The van der Waals surface area contributed by atoms with Crippen LogP contribution in [0.15, 0.2) is 186 Å². The fourth-order valence-electron chi connectivity index (χ4n) is 9.00. The molecule has 58 heavy (non-hydrogen) atoms. The van der Waals surface area contributed by atoms with Crippen LogP contribution >= 0.6 is 23.1 Å². The molecule has 1 aliphatic rings. The quantitative estimate of drug-likeness (QED) is 0.179. The molecular weight excluding hydrogens is 747 g/mol. The number of nitrogens with zero attached hydrogens (tertiary/aromatic N) is 5. The Balaban J connectivity index is 1.09. The van der Waals surface area contributed by atoms with Gasteiger partial charge in [-0.3, -0.25) is 9.13 Å². The molecule has 0 atom stereocenters. The number of thiophene rings is 1. The van der Waals surface area contributed by atoms with Gasteiger partial charge in [0.05, 0.1) is 16.7 Å². The van der Waals surface area contributed by atoms with Crippen molar-refractivity contribution in [3.8, 4) is 45.5 Å². The van der Waals surface area contributed by atoms with Crippen molar-refractivity contribution in [3.63, 3.8) is 0 Å². The summed E-state index contributed by atoms with van der Waals surface area (Å²) in [5, 5.41) is 8.46. The zero-order chi connectivity index (χ0) is 37.9. The number of rotatable bonds is 4. The first-order valence-corrected chi connectivity index (χ1v) is 21.0. The molecule has 7 heteroatoms. The van der Waals surface area contributed by atoms with Crippen LogP contribution in [-0.2, 0) is 0 Å². The van der Waals surface area contributed by atoms with Gasteiger partial charge in [0.15, 0.2) is 17.5 Å². The van der Waals surface area contributed by atoms with Crippen molar-refractivity contribution < 1.29 is 0 Å². The molecule has 0 spiro atoms. The smallest absolute Gasteiger partial charge is 0.164 e. The van der Waals surface area contributed by atoms with Crippen molar-refractivity contribution in [2.24, 2.45) is 0 Å². The second-order valence-electron chi connectivity index (χ2n) is 14.8. The summed E-state index contributed by atoms with van der Waals surface area (Å²) in [6.45, 7) is 0. The average Bonchev–Trinajstić information content (AvgIpc) is 3.95. The van der Waals surface area contributed by atoms with E-state index >= 15 is 0 Å². The van der Waals surface area contributed by atoms with Crippen LogP contribution in [0.25, 0.3) is 109 Å². The van der Waals surface area contributed by atoms with Gasteiger partial charge in [0, 0.05) is 68.5 Å². The first kappa shape index (κ1) is 32.1. The number of para-hydroxylation sites is 3. The molecule has 0 aliphatic carbocycles. The van der Waals surface area contributed by atoms with Crippen molar-refractivity contribution in [1.82, 2.24) is 24.1 Å². The molecule has 8 aromatic carbocycles. The third kappa shape index (κ3) is 4.63. The van der Waals surface area contributed by atoms with Gasteiger partial charge in [-0.1, -0.05) is 127 Å². The van der Waals surface area contributed by atoms with Gasteiger partial charge >= 0.3 is 0 Å². The van der Waals surface area contributed by atoms with E-state index in [1.807, 2.05) is 11.8 Å². The highest BCUT2D eigenvalue weighted by atomic mass is 32.2. The monoisotopic (exact) mass is 775 g/mol. The predicted molar refractivity (Wildman–Crippen MR) is 242 cm³/mol. The van der Waals surface area contributed by atoms with Crippen molar-refractivity contribution in [2.75, 3.05) is 0 Å². The van der Waals surface area contributed by atoms with Crippen LogP contribution in [0.4, 0.5) is 0 Å². The van der Waals surface area contributed by atoms with Crippen molar-refractivity contribution >= 4 is 86.9 Å². The first-order chi connectivity index (χ1) is 28.7. The summed E-state index contributed by atoms with van der Waals surface area (Å²) in [5.74, 6) is 1.95. The molecule has 0 saturated heterocycles. The maximum atomic E-state index is 5.35. The standard InChI is InChI=1S/C51H29N5S2/c1-2-14-34(15-3-1)55-39-20-8-6-16-35(39)46-37-18-10-23-44-47(37)56(51(46)55)40-29-33(26-27-42(40)58-44)49-52-48(32-25-24-30-12-4-5-13-31(30)28-32)53-50(54-49)38-19-11-22-43-45(38)36-17-7-9-21-41(36)57-43/h1-29H. The Hall–Kier alpha value is -7.06. The molecule has 4 aromatic heterocycles. The Bertz CT molecular complexity index is 3670. The van der Waals surface area contributed by atoms with E-state index in [0.29, 0.717) is 17.5 Å². The number of hydrogen-bond donors (Lipinski definition) is 0. The summed E-state index contributed by atoms with van der Waals surface area (Å²) in [6, 6.07) is 62.9. The Morgan fingerprint density at radius 3 is 2.02 bits per heavy atom. The molecule has 0 saturated carbocycles. The maximum absolute atomic E-state index is 5.35. The van der Waals surface area contributed by atoms with Gasteiger partial charge in [-0.2, -0.15) is 0 Å². The molecule has 5 nitrogen and oxygen atoms in total. The van der Waals surface area contributed by atoms with Gasteiger partial charge in [0.25, 0.3) is 0 Å². The Labute approximate surface area is 340 Å². The van der Waals surface area contributed by atoms with E-state index < -0.39 is 0 Å². The minimum atomic E-state index is 0.639. The van der Waals surface area contributed by atoms with Crippen LogP contribution in [0.5, 0.6) is 0 Å². The summed E-state index contributed by atoms with van der Waals surface area (Å²) < 4.78 is 7.36. The topological polar surface area (TPSA) is 48.5 Å². The number of benzene rings is 8. The molecular formula is C51H29N5S2. The Kier molecular flexibility index (Phi) is 6.76. The normalized spacial score (nSPS) is 12.4. The van der Waals surface area contributed by atoms with Crippen LogP contribution in [0.3, 0.4) is 0 Å². The summed E-state index contributed by atoms with van der Waals surface area (Å²) in [7, 11) is 0. The molecule has 5 heterocycles. The maximum Gasteiger partial charge on any atom is 0.164 e. The van der Waals surface area contributed by atoms with Crippen LogP contribution in [0.2, 0.25) is 0 Å². The fraction of sp³-hybridized carbons (Fsp3) is 0. The molecule has 0 N–H and O–H groups in total. The third-order valence-electron chi connectivity index (χ3n) is 11.5. The zero-order valence-electron chi connectivity index (χ0n) is 30.8. The Morgan fingerprint density at radius 1 is 0.431 bits per heavy atom. The van der Waals surface area contributed by atoms with E-state index in [0.717, 1.165) is 39.1 Å². The van der Waals surface area contributed by atoms with Crippen LogP contribution in [0, 0.1) is 0 Å². The molecule has 0 radical (unpaired) electrons. The van der Waals surface area contributed by atoms with Gasteiger partial charge in [-0.05, 0) is 71.4 Å². The molecule has 270 valence electrons. The molecule has 0 bridgehead atoms. The van der Waals surface area contributed by atoms with Gasteiger partial charge in [0.2, 0.25) is 0 Å². The average molecular weight is 776 g/mol. The Morgan fingerprint density at radius 2 is 1.12 bits per heavy atom. The van der Waals surface area contributed by atoms with Gasteiger partial charge < -0.3 is 0 Å². The van der Waals surface area contributed by atoms with Crippen LogP contribution in [0.1, 0.15) is 0 Å². The molecule has 13 rings (SSSR count). The summed E-state index contributed by atoms with van der Waals surface area (Å²) in [6.07, 6.45) is 0. The van der Waals surface area contributed by atoms with E-state index in [1.54, 1.807) is 11.3 Å². The molecule has 0 fully saturated rings. The number of fused-ring (bicyclic) bond motifs is 11. The highest BCUT2D eigenvalue weighted by Crippen LogP contribution is 2.50. The van der Waals surface area contributed by atoms with E-state index in [1.165, 1.54) is 62.5 Å². The van der Waals surface area contributed by atoms with Crippen LogP contribution < -0.4 is 0 Å². The lowest BCUT2D eigenvalue weighted by Gasteiger charge is -2.22. The second kappa shape index (κ2) is 12.2. The van der Waals surface area contributed by atoms with Gasteiger partial charge in [-0.25, -0.2) is 15.0 Å². The summed E-state index contributed by atoms with van der Waals surface area (Å²) in [5.41, 5.74) is 8.69. The zero-order valence-corrected chi connectivity index (χ0v) is 32.4. The largest absolute Gasteiger partial charge is 0.295 e. The van der Waals surface area contributed by atoms with E-state index in [4.69, 9.17) is 15.0 Å².